The van der Waals surface area contributed by atoms with Gasteiger partial charge in [-0.05, 0) is 17.7 Å². The minimum absolute atomic E-state index is 0.597. The van der Waals surface area contributed by atoms with E-state index in [1.165, 1.54) is 5.56 Å². The van der Waals surface area contributed by atoms with Crippen molar-refractivity contribution in [1.82, 2.24) is 15.2 Å². The fraction of sp³-hybridized carbons (Fsp3) is 0.200. The lowest BCUT2D eigenvalue weighted by atomic mass is 10.0. The van der Waals surface area contributed by atoms with Crippen LogP contribution < -0.4 is 9.80 Å². The van der Waals surface area contributed by atoms with Crippen LogP contribution in [0.1, 0.15) is 21.6 Å². The molecule has 6 heteroatoms. The lowest BCUT2D eigenvalue weighted by molar-refractivity contribution is 0.112. The topological polar surface area (TPSA) is 62.2 Å². The van der Waals surface area contributed by atoms with Crippen LogP contribution >= 0.6 is 0 Å². The van der Waals surface area contributed by atoms with Crippen molar-refractivity contribution in [3.63, 3.8) is 0 Å². The molecule has 3 heterocycles. The Hall–Kier alpha value is -3.80. The Balaban J connectivity index is 1.37. The molecule has 0 aliphatic carbocycles. The van der Waals surface area contributed by atoms with Crippen molar-refractivity contribution < 1.29 is 4.79 Å². The van der Waals surface area contributed by atoms with Gasteiger partial charge in [-0.25, -0.2) is 4.98 Å². The quantitative estimate of drug-likeness (QED) is 0.468. The molecule has 0 spiro atoms. The molecule has 0 N–H and O–H groups in total. The number of aromatic nitrogens is 3. The molecule has 2 aromatic heterocycles. The first-order chi connectivity index (χ1) is 15.3. The first kappa shape index (κ1) is 19.2. The Labute approximate surface area is 181 Å². The van der Waals surface area contributed by atoms with Crippen molar-refractivity contribution in [2.75, 3.05) is 36.0 Å². The number of fused-ring (bicyclic) bond motifs is 1. The zero-order valence-corrected chi connectivity index (χ0v) is 17.2. The van der Waals surface area contributed by atoms with Crippen LogP contribution in [-0.2, 0) is 6.42 Å². The van der Waals surface area contributed by atoms with Crippen molar-refractivity contribution in [3.8, 4) is 0 Å². The normalized spacial score (nSPS) is 14.1. The van der Waals surface area contributed by atoms with Crippen molar-refractivity contribution in [3.05, 3.63) is 89.7 Å². The van der Waals surface area contributed by atoms with Crippen LogP contribution in [0.4, 0.5) is 11.6 Å². The third-order valence-corrected chi connectivity index (χ3v) is 5.77. The predicted molar refractivity (Wildman–Crippen MR) is 123 cm³/mol. The van der Waals surface area contributed by atoms with E-state index < -0.39 is 0 Å². The van der Waals surface area contributed by atoms with Crippen LogP contribution in [0.3, 0.4) is 0 Å². The van der Waals surface area contributed by atoms with Gasteiger partial charge in [0.1, 0.15) is 5.82 Å². The fourth-order valence-electron chi connectivity index (χ4n) is 4.10. The van der Waals surface area contributed by atoms with Crippen molar-refractivity contribution in [2.45, 2.75) is 6.42 Å². The van der Waals surface area contributed by atoms with E-state index in [2.05, 4.69) is 73.5 Å². The van der Waals surface area contributed by atoms with Crippen molar-refractivity contribution in [2.24, 2.45) is 0 Å². The molecule has 1 aliphatic rings. The van der Waals surface area contributed by atoms with Gasteiger partial charge in [0.05, 0.1) is 5.69 Å². The van der Waals surface area contributed by atoms with E-state index in [4.69, 9.17) is 0 Å². The van der Waals surface area contributed by atoms with Gasteiger partial charge < -0.3 is 9.80 Å². The lowest BCUT2D eigenvalue weighted by Gasteiger charge is -2.36. The second kappa shape index (κ2) is 8.52. The molecule has 0 unspecified atom stereocenters. The molecule has 0 radical (unpaired) electrons. The maximum atomic E-state index is 10.9. The van der Waals surface area contributed by atoms with E-state index in [-0.39, 0.29) is 0 Å². The molecule has 4 aromatic rings. The van der Waals surface area contributed by atoms with E-state index in [0.717, 1.165) is 67.0 Å². The average Bonchev–Trinajstić information content (AvgIpc) is 2.85. The molecule has 0 bridgehead atoms. The first-order valence-electron chi connectivity index (χ1n) is 10.5. The molecular formula is C25H23N5O. The average molecular weight is 409 g/mol. The summed E-state index contributed by atoms with van der Waals surface area (Å²) in [6, 6.07) is 22.5. The predicted octanol–water partition coefficient (Wildman–Crippen LogP) is 3.75. The van der Waals surface area contributed by atoms with E-state index in [1.807, 2.05) is 18.2 Å². The highest BCUT2D eigenvalue weighted by Crippen LogP contribution is 2.28. The molecule has 1 fully saturated rings. The number of carbonyl (C=O) groups excluding carboxylic acids is 1. The highest BCUT2D eigenvalue weighted by Gasteiger charge is 2.22. The molecule has 154 valence electrons. The number of carbonyl (C=O) groups is 1. The number of nitrogens with zero attached hydrogens (tertiary/aromatic N) is 5. The van der Waals surface area contributed by atoms with Crippen LogP contribution in [-0.4, -0.2) is 47.6 Å². The molecule has 6 nitrogen and oxygen atoms in total. The van der Waals surface area contributed by atoms with Gasteiger partial charge in [0.15, 0.2) is 12.1 Å². The van der Waals surface area contributed by atoms with E-state index in [1.54, 1.807) is 6.20 Å². The van der Waals surface area contributed by atoms with Crippen LogP contribution in [0.5, 0.6) is 0 Å². The maximum Gasteiger partial charge on any atom is 0.159 e. The number of benzene rings is 2. The Bertz CT molecular complexity index is 1190. The number of hydrogen-bond acceptors (Lipinski definition) is 6. The van der Waals surface area contributed by atoms with Gasteiger partial charge in [-0.15, -0.1) is 5.10 Å². The molecule has 0 atom stereocenters. The Morgan fingerprint density at radius 2 is 1.48 bits per heavy atom. The second-order valence-electron chi connectivity index (χ2n) is 7.72. The summed E-state index contributed by atoms with van der Waals surface area (Å²) in [4.78, 5) is 19.8. The van der Waals surface area contributed by atoms with Gasteiger partial charge in [-0.3, -0.25) is 4.79 Å². The summed E-state index contributed by atoms with van der Waals surface area (Å²) in [5, 5.41) is 11.6. The summed E-state index contributed by atoms with van der Waals surface area (Å²) < 4.78 is 0. The van der Waals surface area contributed by atoms with E-state index in [9.17, 15) is 4.79 Å². The highest BCUT2D eigenvalue weighted by molar-refractivity contribution is 5.93. The zero-order chi connectivity index (χ0) is 21.0. The zero-order valence-electron chi connectivity index (χ0n) is 17.2. The highest BCUT2D eigenvalue weighted by atomic mass is 16.1. The summed E-state index contributed by atoms with van der Waals surface area (Å²) in [6.07, 6.45) is 3.21. The second-order valence-corrected chi connectivity index (χ2v) is 7.72. The Morgan fingerprint density at radius 1 is 0.774 bits per heavy atom. The molecule has 0 amide bonds. The number of rotatable bonds is 5. The van der Waals surface area contributed by atoms with Gasteiger partial charge in [0.2, 0.25) is 0 Å². The summed E-state index contributed by atoms with van der Waals surface area (Å²) >= 11 is 0. The molecule has 0 saturated carbocycles. The van der Waals surface area contributed by atoms with Crippen LogP contribution in [0, 0.1) is 0 Å². The minimum atomic E-state index is 0.597. The van der Waals surface area contributed by atoms with E-state index >= 15 is 0 Å². The molecule has 5 rings (SSSR count). The molecule has 2 aromatic carbocycles. The standard InChI is InChI=1S/C25H23N5O/c31-18-20-10-11-24(26-17-20)29-12-14-30(15-13-29)25-22-9-5-4-8-21(22)23(27-28-25)16-19-6-2-1-3-7-19/h1-11,17-18H,12-16H2. The SMILES string of the molecule is O=Cc1ccc(N2CCN(c3nnc(Cc4ccccc4)c4ccccc34)CC2)nc1. The number of piperazine rings is 1. The van der Waals surface area contributed by atoms with Crippen molar-refractivity contribution in [1.29, 1.82) is 0 Å². The van der Waals surface area contributed by atoms with Crippen LogP contribution in [0.15, 0.2) is 72.9 Å². The number of hydrogen-bond donors (Lipinski definition) is 0. The Morgan fingerprint density at radius 3 is 2.19 bits per heavy atom. The number of anilines is 2. The van der Waals surface area contributed by atoms with Crippen LogP contribution in [0.25, 0.3) is 10.8 Å². The first-order valence-corrected chi connectivity index (χ1v) is 10.5. The van der Waals surface area contributed by atoms with Gasteiger partial charge in [-0.1, -0.05) is 54.6 Å². The molecule has 1 saturated heterocycles. The third kappa shape index (κ3) is 3.97. The summed E-state index contributed by atoms with van der Waals surface area (Å²) in [6.45, 7) is 3.37. The summed E-state index contributed by atoms with van der Waals surface area (Å²) in [5.41, 5.74) is 2.83. The minimum Gasteiger partial charge on any atom is -0.353 e. The van der Waals surface area contributed by atoms with Crippen molar-refractivity contribution >= 4 is 28.7 Å². The summed E-state index contributed by atoms with van der Waals surface area (Å²) in [5.74, 6) is 1.84. The Kier molecular flexibility index (Phi) is 5.27. The number of aldehydes is 1. The van der Waals surface area contributed by atoms with Crippen LogP contribution in [0.2, 0.25) is 0 Å². The lowest BCUT2D eigenvalue weighted by Crippen LogP contribution is -2.47. The molecule has 1 aliphatic heterocycles. The van der Waals surface area contributed by atoms with Gasteiger partial charge in [0, 0.05) is 55.1 Å². The van der Waals surface area contributed by atoms with Gasteiger partial charge in [0.25, 0.3) is 0 Å². The summed E-state index contributed by atoms with van der Waals surface area (Å²) in [7, 11) is 0. The van der Waals surface area contributed by atoms with Gasteiger partial charge in [-0.2, -0.15) is 5.10 Å². The number of pyridine rings is 1. The molecule has 31 heavy (non-hydrogen) atoms. The maximum absolute atomic E-state index is 10.9. The molecular weight excluding hydrogens is 386 g/mol. The largest absolute Gasteiger partial charge is 0.353 e. The van der Waals surface area contributed by atoms with E-state index in [0.29, 0.717) is 5.56 Å². The third-order valence-electron chi connectivity index (χ3n) is 5.77. The smallest absolute Gasteiger partial charge is 0.159 e. The monoisotopic (exact) mass is 409 g/mol. The fourth-order valence-corrected chi connectivity index (χ4v) is 4.10. The van der Waals surface area contributed by atoms with Gasteiger partial charge >= 0.3 is 0 Å².